The van der Waals surface area contributed by atoms with E-state index in [1.54, 1.807) is 0 Å². The Balaban J connectivity index is 2.51. The van der Waals surface area contributed by atoms with E-state index in [4.69, 9.17) is 16.0 Å². The van der Waals surface area contributed by atoms with Crippen LogP contribution < -0.4 is 11.1 Å². The van der Waals surface area contributed by atoms with Crippen molar-refractivity contribution in [2.75, 3.05) is 6.61 Å². The molecule has 0 saturated heterocycles. The smallest absolute Gasteiger partial charge is 0.156 e. The second-order valence-corrected chi connectivity index (χ2v) is 4.13. The van der Waals surface area contributed by atoms with E-state index in [2.05, 4.69) is 10.5 Å². The third kappa shape index (κ3) is 3.07. The van der Waals surface area contributed by atoms with Crippen LogP contribution in [0.5, 0.6) is 0 Å². The van der Waals surface area contributed by atoms with E-state index in [0.717, 1.165) is 25.7 Å². The van der Waals surface area contributed by atoms with Crippen molar-refractivity contribution < 1.29 is 10.3 Å². The minimum Gasteiger partial charge on any atom is -0.409 e. The van der Waals surface area contributed by atoms with E-state index in [0.29, 0.717) is 12.0 Å². The average Bonchev–Trinajstić information content (AvgIpc) is 2.71. The van der Waals surface area contributed by atoms with Crippen LogP contribution in [-0.4, -0.2) is 34.8 Å². The molecule has 0 spiro atoms. The van der Waals surface area contributed by atoms with Crippen LogP contribution in [-0.2, 0) is 0 Å². The summed E-state index contributed by atoms with van der Waals surface area (Å²) in [4.78, 5) is 0. The summed E-state index contributed by atoms with van der Waals surface area (Å²) in [5.41, 5.74) is 5.57. The Morgan fingerprint density at radius 3 is 2.87 bits per heavy atom. The average molecular weight is 215 g/mol. The van der Waals surface area contributed by atoms with Gasteiger partial charge in [-0.15, -0.1) is 0 Å². The third-order valence-electron chi connectivity index (χ3n) is 3.19. The van der Waals surface area contributed by atoms with Gasteiger partial charge in [-0.1, -0.05) is 18.5 Å². The first-order valence-electron chi connectivity index (χ1n) is 5.57. The topological polar surface area (TPSA) is 90.9 Å². The van der Waals surface area contributed by atoms with Gasteiger partial charge in [-0.3, -0.25) is 0 Å². The maximum absolute atomic E-state index is 9.17. The molecule has 1 fully saturated rings. The van der Waals surface area contributed by atoms with Gasteiger partial charge in [0.2, 0.25) is 0 Å². The number of nitrogens with zero attached hydrogens (tertiary/aromatic N) is 1. The molecular weight excluding hydrogens is 194 g/mol. The molecule has 3 atom stereocenters. The molecule has 1 saturated carbocycles. The van der Waals surface area contributed by atoms with E-state index in [9.17, 15) is 0 Å². The first-order chi connectivity index (χ1) is 7.22. The van der Waals surface area contributed by atoms with Crippen molar-refractivity contribution in [1.82, 2.24) is 5.32 Å². The van der Waals surface area contributed by atoms with Gasteiger partial charge in [-0.2, -0.15) is 0 Å². The van der Waals surface area contributed by atoms with Crippen LogP contribution >= 0.6 is 0 Å². The maximum atomic E-state index is 9.17. The Hall–Kier alpha value is -0.810. The lowest BCUT2D eigenvalue weighted by molar-refractivity contribution is 0.202. The van der Waals surface area contributed by atoms with Gasteiger partial charge in [-0.05, 0) is 25.2 Å². The summed E-state index contributed by atoms with van der Waals surface area (Å²) in [6, 6.07) is 0.201. The highest BCUT2D eigenvalue weighted by Crippen LogP contribution is 2.25. The number of nitrogens with one attached hydrogen (secondary N) is 1. The number of rotatable bonds is 5. The molecule has 1 rings (SSSR count). The van der Waals surface area contributed by atoms with E-state index in [1.807, 2.05) is 6.92 Å². The number of nitrogens with two attached hydrogens (primary N) is 1. The number of aliphatic hydroxyl groups excluding tert-OH is 1. The molecule has 88 valence electrons. The molecule has 0 bridgehead atoms. The lowest BCUT2D eigenvalue weighted by Gasteiger charge is -2.24. The van der Waals surface area contributed by atoms with E-state index < -0.39 is 0 Å². The minimum absolute atomic E-state index is 0.0906. The molecule has 15 heavy (non-hydrogen) atoms. The molecule has 0 radical (unpaired) electrons. The largest absolute Gasteiger partial charge is 0.409 e. The number of hydrogen-bond donors (Lipinski definition) is 4. The summed E-state index contributed by atoms with van der Waals surface area (Å²) >= 11 is 0. The monoisotopic (exact) mass is 215 g/mol. The second kappa shape index (κ2) is 5.92. The first-order valence-corrected chi connectivity index (χ1v) is 5.57. The van der Waals surface area contributed by atoms with Gasteiger partial charge in [0.05, 0.1) is 6.04 Å². The van der Waals surface area contributed by atoms with Crippen LogP contribution in [0, 0.1) is 5.92 Å². The fraction of sp³-hybridized carbons (Fsp3) is 0.900. The van der Waals surface area contributed by atoms with Gasteiger partial charge in [0.1, 0.15) is 0 Å². The molecule has 5 N–H and O–H groups in total. The zero-order valence-electron chi connectivity index (χ0n) is 9.19. The molecular formula is C10H21N3O2. The molecule has 5 heteroatoms. The van der Waals surface area contributed by atoms with Gasteiger partial charge in [0.25, 0.3) is 0 Å². The van der Waals surface area contributed by atoms with E-state index in [1.165, 1.54) is 0 Å². The molecule has 0 aromatic carbocycles. The predicted molar refractivity (Wildman–Crippen MR) is 58.8 cm³/mol. The van der Waals surface area contributed by atoms with Crippen molar-refractivity contribution in [2.45, 2.75) is 44.7 Å². The Morgan fingerprint density at radius 1 is 1.60 bits per heavy atom. The Labute approximate surface area is 90.3 Å². The summed E-state index contributed by atoms with van der Waals surface area (Å²) in [5.74, 6) is 0.534. The quantitative estimate of drug-likeness (QED) is 0.229. The highest BCUT2D eigenvalue weighted by atomic mass is 16.4. The van der Waals surface area contributed by atoms with Crippen LogP contribution in [0.2, 0.25) is 0 Å². The standard InChI is InChI=1S/C10H21N3O2/c1-2-8(10(11)13-15)12-9-5-3-4-7(9)6-14/h7-9,12,14-15H,2-6H2,1H3,(H2,11,13). The zero-order valence-corrected chi connectivity index (χ0v) is 9.19. The molecule has 1 aliphatic carbocycles. The van der Waals surface area contributed by atoms with Crippen molar-refractivity contribution in [3.8, 4) is 0 Å². The van der Waals surface area contributed by atoms with Crippen molar-refractivity contribution >= 4 is 5.84 Å². The first kappa shape index (κ1) is 12.3. The van der Waals surface area contributed by atoms with Crippen molar-refractivity contribution in [3.05, 3.63) is 0 Å². The summed E-state index contributed by atoms with van der Waals surface area (Å²) in [7, 11) is 0. The molecule has 0 aromatic heterocycles. The normalized spacial score (nSPS) is 29.3. The molecule has 1 aliphatic rings. The van der Waals surface area contributed by atoms with Crippen LogP contribution in [0.15, 0.2) is 5.16 Å². The van der Waals surface area contributed by atoms with Crippen molar-refractivity contribution in [1.29, 1.82) is 0 Å². The highest BCUT2D eigenvalue weighted by Gasteiger charge is 2.28. The lowest BCUT2D eigenvalue weighted by Crippen LogP contribution is -2.48. The molecule has 0 heterocycles. The van der Waals surface area contributed by atoms with E-state index >= 15 is 0 Å². The van der Waals surface area contributed by atoms with Gasteiger partial charge in [-0.25, -0.2) is 0 Å². The maximum Gasteiger partial charge on any atom is 0.156 e. The Kier molecular flexibility index (Phi) is 4.84. The third-order valence-corrected chi connectivity index (χ3v) is 3.19. The molecule has 0 amide bonds. The number of amidine groups is 1. The molecule has 5 nitrogen and oxygen atoms in total. The molecule has 3 unspecified atom stereocenters. The SMILES string of the molecule is CCC(NC1CCCC1CO)C(N)=NO. The summed E-state index contributed by atoms with van der Waals surface area (Å²) in [6.07, 6.45) is 4.03. The molecule has 0 aromatic rings. The Morgan fingerprint density at radius 2 is 2.33 bits per heavy atom. The number of oxime groups is 1. The van der Waals surface area contributed by atoms with Crippen LogP contribution in [0.25, 0.3) is 0 Å². The number of aliphatic hydroxyl groups is 1. The van der Waals surface area contributed by atoms with Crippen LogP contribution in [0.4, 0.5) is 0 Å². The fourth-order valence-electron chi connectivity index (χ4n) is 2.22. The predicted octanol–water partition coefficient (Wildman–Crippen LogP) is 0.262. The van der Waals surface area contributed by atoms with Crippen molar-refractivity contribution in [2.24, 2.45) is 16.8 Å². The van der Waals surface area contributed by atoms with Gasteiger partial charge >= 0.3 is 0 Å². The van der Waals surface area contributed by atoms with Crippen LogP contribution in [0.1, 0.15) is 32.6 Å². The van der Waals surface area contributed by atoms with Gasteiger partial charge in [0.15, 0.2) is 5.84 Å². The van der Waals surface area contributed by atoms with Gasteiger partial charge in [0, 0.05) is 12.6 Å². The van der Waals surface area contributed by atoms with E-state index in [-0.39, 0.29) is 18.5 Å². The van der Waals surface area contributed by atoms with Crippen molar-refractivity contribution in [3.63, 3.8) is 0 Å². The number of hydrogen-bond acceptors (Lipinski definition) is 4. The second-order valence-electron chi connectivity index (χ2n) is 4.13. The summed E-state index contributed by atoms with van der Waals surface area (Å²) in [5, 5.41) is 24.1. The minimum atomic E-state index is -0.0906. The highest BCUT2D eigenvalue weighted by molar-refractivity contribution is 5.85. The summed E-state index contributed by atoms with van der Waals surface area (Å²) < 4.78 is 0. The lowest BCUT2D eigenvalue weighted by atomic mass is 10.0. The molecule has 0 aliphatic heterocycles. The van der Waals surface area contributed by atoms with Gasteiger partial charge < -0.3 is 21.4 Å². The zero-order chi connectivity index (χ0) is 11.3. The summed E-state index contributed by atoms with van der Waals surface area (Å²) in [6.45, 7) is 2.20. The fourth-order valence-corrected chi connectivity index (χ4v) is 2.22. The Bertz CT molecular complexity index is 221. The van der Waals surface area contributed by atoms with Crippen LogP contribution in [0.3, 0.4) is 0 Å².